The molecule has 0 aliphatic heterocycles. The van der Waals surface area contributed by atoms with Crippen molar-refractivity contribution in [3.63, 3.8) is 0 Å². The normalized spacial score (nSPS) is 16.7. The standard InChI is InChI=1S/C19H26N4O2S/c1-12(2)16(17(24)22-18(20)25)26-19-21-14-10-6-7-11-15(14)23(19)13-8-4-3-5-9-13/h6-7,10-13,16H,3-5,8-9H2,1-2H3,(H3,20,22,24,25)/t16-/m1/s1. The average molecular weight is 375 g/mol. The number of benzene rings is 1. The number of imide groups is 1. The van der Waals surface area contributed by atoms with Crippen LogP contribution in [-0.2, 0) is 4.79 Å². The zero-order chi connectivity index (χ0) is 18.7. The van der Waals surface area contributed by atoms with Crippen LogP contribution in [-0.4, -0.2) is 26.7 Å². The number of amides is 3. The highest BCUT2D eigenvalue weighted by molar-refractivity contribution is 8.00. The number of hydrogen-bond donors (Lipinski definition) is 2. The van der Waals surface area contributed by atoms with E-state index in [1.165, 1.54) is 31.0 Å². The van der Waals surface area contributed by atoms with Gasteiger partial charge < -0.3 is 10.3 Å². The molecule has 26 heavy (non-hydrogen) atoms. The lowest BCUT2D eigenvalue weighted by molar-refractivity contribution is -0.120. The number of thioether (sulfide) groups is 1. The number of fused-ring (bicyclic) bond motifs is 1. The molecule has 0 unspecified atom stereocenters. The van der Waals surface area contributed by atoms with Gasteiger partial charge in [0.05, 0.1) is 16.3 Å². The summed E-state index contributed by atoms with van der Waals surface area (Å²) >= 11 is 1.42. The van der Waals surface area contributed by atoms with Crippen molar-refractivity contribution >= 4 is 34.7 Å². The Labute approximate surface area is 157 Å². The number of rotatable bonds is 5. The lowest BCUT2D eigenvalue weighted by Gasteiger charge is -2.26. The maximum Gasteiger partial charge on any atom is 0.318 e. The molecule has 2 aromatic rings. The minimum Gasteiger partial charge on any atom is -0.351 e. The summed E-state index contributed by atoms with van der Waals surface area (Å²) in [6, 6.07) is 7.70. The Morgan fingerprint density at radius 3 is 2.58 bits per heavy atom. The number of nitrogens with zero attached hydrogens (tertiary/aromatic N) is 2. The van der Waals surface area contributed by atoms with Gasteiger partial charge in [-0.1, -0.05) is 57.0 Å². The van der Waals surface area contributed by atoms with Crippen molar-refractivity contribution in [2.45, 2.75) is 62.4 Å². The molecule has 0 radical (unpaired) electrons. The molecule has 1 saturated carbocycles. The zero-order valence-corrected chi connectivity index (χ0v) is 16.1. The van der Waals surface area contributed by atoms with E-state index in [9.17, 15) is 9.59 Å². The van der Waals surface area contributed by atoms with Crippen LogP contribution in [0.2, 0.25) is 0 Å². The first-order valence-corrected chi connectivity index (χ1v) is 10.1. The molecule has 7 heteroatoms. The number of nitrogens with one attached hydrogen (secondary N) is 1. The van der Waals surface area contributed by atoms with E-state index in [2.05, 4.69) is 16.0 Å². The molecular weight excluding hydrogens is 348 g/mol. The van der Waals surface area contributed by atoms with Crippen LogP contribution >= 0.6 is 11.8 Å². The van der Waals surface area contributed by atoms with E-state index in [0.29, 0.717) is 6.04 Å². The number of nitrogens with two attached hydrogens (primary N) is 1. The van der Waals surface area contributed by atoms with Gasteiger partial charge in [-0.25, -0.2) is 9.78 Å². The molecule has 0 spiro atoms. The van der Waals surface area contributed by atoms with Crippen molar-refractivity contribution in [1.29, 1.82) is 0 Å². The second kappa shape index (κ2) is 8.12. The summed E-state index contributed by atoms with van der Waals surface area (Å²) < 4.78 is 2.30. The molecule has 1 aliphatic rings. The largest absolute Gasteiger partial charge is 0.351 e. The van der Waals surface area contributed by atoms with Crippen LogP contribution in [0.4, 0.5) is 4.79 Å². The fourth-order valence-electron chi connectivity index (χ4n) is 3.60. The minimum absolute atomic E-state index is 0.0407. The van der Waals surface area contributed by atoms with Crippen LogP contribution in [0.3, 0.4) is 0 Å². The number of para-hydroxylation sites is 2. The zero-order valence-electron chi connectivity index (χ0n) is 15.3. The molecule has 0 bridgehead atoms. The maximum atomic E-state index is 12.4. The maximum absolute atomic E-state index is 12.4. The van der Waals surface area contributed by atoms with E-state index >= 15 is 0 Å². The lowest BCUT2D eigenvalue weighted by Crippen LogP contribution is -2.42. The lowest BCUT2D eigenvalue weighted by atomic mass is 9.95. The summed E-state index contributed by atoms with van der Waals surface area (Å²) in [6.07, 6.45) is 5.98. The number of aromatic nitrogens is 2. The fourth-order valence-corrected chi connectivity index (χ4v) is 4.77. The van der Waals surface area contributed by atoms with Crippen molar-refractivity contribution in [3.05, 3.63) is 24.3 Å². The van der Waals surface area contributed by atoms with Gasteiger partial charge in [0.15, 0.2) is 5.16 Å². The summed E-state index contributed by atoms with van der Waals surface area (Å²) in [4.78, 5) is 28.3. The van der Waals surface area contributed by atoms with Crippen LogP contribution < -0.4 is 11.1 Å². The van der Waals surface area contributed by atoms with E-state index in [0.717, 1.165) is 29.0 Å². The Morgan fingerprint density at radius 1 is 1.23 bits per heavy atom. The van der Waals surface area contributed by atoms with Gasteiger partial charge in [-0.3, -0.25) is 10.1 Å². The van der Waals surface area contributed by atoms with Gasteiger partial charge in [-0.05, 0) is 30.9 Å². The molecule has 3 amide bonds. The molecule has 1 fully saturated rings. The van der Waals surface area contributed by atoms with Gasteiger partial charge >= 0.3 is 6.03 Å². The summed E-state index contributed by atoms with van der Waals surface area (Å²) in [7, 11) is 0. The van der Waals surface area contributed by atoms with Crippen molar-refractivity contribution in [2.24, 2.45) is 11.7 Å². The van der Waals surface area contributed by atoms with Gasteiger partial charge in [-0.2, -0.15) is 0 Å². The molecular formula is C19H26N4O2S. The van der Waals surface area contributed by atoms with E-state index in [4.69, 9.17) is 10.7 Å². The molecule has 3 rings (SSSR count). The smallest absolute Gasteiger partial charge is 0.318 e. The predicted octanol–water partition coefficient (Wildman–Crippen LogP) is 3.85. The third-order valence-electron chi connectivity index (χ3n) is 4.85. The Hall–Kier alpha value is -2.02. The SMILES string of the molecule is CC(C)[C@@H](Sc1nc2ccccc2n1C1CCCCC1)C(=O)NC(N)=O. The third-order valence-corrected chi connectivity index (χ3v) is 6.36. The van der Waals surface area contributed by atoms with Gasteiger partial charge in [0.25, 0.3) is 0 Å². The van der Waals surface area contributed by atoms with Crippen LogP contribution in [0.5, 0.6) is 0 Å². The second-order valence-corrected chi connectivity index (χ2v) is 8.29. The second-order valence-electron chi connectivity index (χ2n) is 7.18. The highest BCUT2D eigenvalue weighted by Crippen LogP contribution is 2.37. The van der Waals surface area contributed by atoms with Gasteiger partial charge in [0, 0.05) is 6.04 Å². The molecule has 0 saturated heterocycles. The average Bonchev–Trinajstić information content (AvgIpc) is 2.97. The Bertz CT molecular complexity index is 796. The number of carbonyl (C=O) groups excluding carboxylic acids is 2. The number of imidazole rings is 1. The quantitative estimate of drug-likeness (QED) is 0.778. The Morgan fingerprint density at radius 2 is 1.92 bits per heavy atom. The molecule has 1 aromatic carbocycles. The van der Waals surface area contributed by atoms with E-state index < -0.39 is 11.3 Å². The van der Waals surface area contributed by atoms with E-state index in [1.54, 1.807) is 0 Å². The van der Waals surface area contributed by atoms with Crippen LogP contribution in [0, 0.1) is 5.92 Å². The molecule has 1 atom stereocenters. The van der Waals surface area contributed by atoms with Crippen LogP contribution in [0.15, 0.2) is 29.4 Å². The number of urea groups is 1. The van der Waals surface area contributed by atoms with Gasteiger partial charge in [0.1, 0.15) is 0 Å². The van der Waals surface area contributed by atoms with Gasteiger partial charge in [-0.15, -0.1) is 0 Å². The predicted molar refractivity (Wildman–Crippen MR) is 104 cm³/mol. The topological polar surface area (TPSA) is 90.0 Å². The first-order chi connectivity index (χ1) is 12.5. The third kappa shape index (κ3) is 4.03. The van der Waals surface area contributed by atoms with Crippen molar-refractivity contribution < 1.29 is 9.59 Å². The van der Waals surface area contributed by atoms with Crippen molar-refractivity contribution in [3.8, 4) is 0 Å². The molecule has 3 N–H and O–H groups in total. The fraction of sp³-hybridized carbons (Fsp3) is 0.526. The minimum atomic E-state index is -0.818. The Kier molecular flexibility index (Phi) is 5.86. The summed E-state index contributed by atoms with van der Waals surface area (Å²) in [5.74, 6) is -0.321. The Balaban J connectivity index is 1.97. The van der Waals surface area contributed by atoms with Crippen molar-refractivity contribution in [1.82, 2.24) is 14.9 Å². The highest BCUT2D eigenvalue weighted by atomic mass is 32.2. The molecule has 140 valence electrons. The first kappa shape index (κ1) is 18.8. The highest BCUT2D eigenvalue weighted by Gasteiger charge is 2.29. The number of carbonyl (C=O) groups is 2. The van der Waals surface area contributed by atoms with E-state index in [1.807, 2.05) is 32.0 Å². The van der Waals surface area contributed by atoms with E-state index in [-0.39, 0.29) is 11.8 Å². The summed E-state index contributed by atoms with van der Waals surface area (Å²) in [6.45, 7) is 3.93. The van der Waals surface area contributed by atoms with Crippen molar-refractivity contribution in [2.75, 3.05) is 0 Å². The number of hydrogen-bond acceptors (Lipinski definition) is 4. The molecule has 1 aromatic heterocycles. The molecule has 6 nitrogen and oxygen atoms in total. The molecule has 1 heterocycles. The van der Waals surface area contributed by atoms with Gasteiger partial charge in [0.2, 0.25) is 5.91 Å². The van der Waals surface area contributed by atoms with Crippen LogP contribution in [0.25, 0.3) is 11.0 Å². The summed E-state index contributed by atoms with van der Waals surface area (Å²) in [5, 5.41) is 2.63. The number of primary amides is 1. The summed E-state index contributed by atoms with van der Waals surface area (Å²) in [5.41, 5.74) is 7.19. The molecule has 1 aliphatic carbocycles. The monoisotopic (exact) mass is 374 g/mol. The first-order valence-electron chi connectivity index (χ1n) is 9.21. The van der Waals surface area contributed by atoms with Crippen LogP contribution in [0.1, 0.15) is 52.0 Å².